The van der Waals surface area contributed by atoms with Crippen LogP contribution in [-0.4, -0.2) is 27.5 Å². The van der Waals surface area contributed by atoms with Crippen LogP contribution in [0.1, 0.15) is 6.92 Å². The van der Waals surface area contributed by atoms with Crippen molar-refractivity contribution in [2.75, 3.05) is 17.1 Å². The molecular formula is C26H24N2O5S. The Morgan fingerprint density at radius 1 is 0.824 bits per heavy atom. The topological polar surface area (TPSA) is 93.7 Å². The number of fused-ring (bicyclic) bond motifs is 1. The van der Waals surface area contributed by atoms with Gasteiger partial charge in [0, 0.05) is 11.1 Å². The summed E-state index contributed by atoms with van der Waals surface area (Å²) in [5.74, 6) is 0.860. The van der Waals surface area contributed by atoms with Crippen molar-refractivity contribution in [1.82, 2.24) is 0 Å². The molecule has 2 N–H and O–H groups in total. The maximum absolute atomic E-state index is 12.9. The molecule has 1 atom stereocenters. The number of sulfonamides is 1. The molecule has 0 heterocycles. The first-order valence-electron chi connectivity index (χ1n) is 10.6. The van der Waals surface area contributed by atoms with E-state index in [9.17, 15) is 13.2 Å². The van der Waals surface area contributed by atoms with Crippen LogP contribution in [0.25, 0.3) is 10.8 Å². The van der Waals surface area contributed by atoms with Crippen molar-refractivity contribution in [2.24, 2.45) is 0 Å². The highest BCUT2D eigenvalue weighted by Crippen LogP contribution is 2.26. The van der Waals surface area contributed by atoms with Crippen LogP contribution in [-0.2, 0) is 14.8 Å². The Labute approximate surface area is 198 Å². The van der Waals surface area contributed by atoms with Gasteiger partial charge in [-0.05, 0) is 66.9 Å². The summed E-state index contributed by atoms with van der Waals surface area (Å²) in [5, 5.41) is 4.48. The first-order valence-corrected chi connectivity index (χ1v) is 12.1. The van der Waals surface area contributed by atoms with Crippen LogP contribution in [0.5, 0.6) is 11.5 Å². The number of carbonyl (C=O) groups excluding carboxylic acids is 1. The Bertz CT molecular complexity index is 1400. The summed E-state index contributed by atoms with van der Waals surface area (Å²) in [5.41, 5.74) is 0.958. The van der Waals surface area contributed by atoms with Gasteiger partial charge in [0.05, 0.1) is 17.7 Å². The summed E-state index contributed by atoms with van der Waals surface area (Å²) in [6.45, 7) is 1.63. The standard InChI is InChI=1S/C26H24N2O5S/c1-18(33-22-14-12-21(32-2)13-15-22)26(29)27-20-10-16-23(17-11-20)34(30,31)28-25-9-5-7-19-6-3-4-8-24(19)25/h3-18,28H,1-2H3,(H,27,29)/t18-/m0/s1. The molecule has 34 heavy (non-hydrogen) atoms. The second kappa shape index (κ2) is 9.84. The number of methoxy groups -OCH3 is 1. The molecule has 0 unspecified atom stereocenters. The van der Waals surface area contributed by atoms with E-state index < -0.39 is 16.1 Å². The quantitative estimate of drug-likeness (QED) is 0.371. The third-order valence-electron chi connectivity index (χ3n) is 5.21. The van der Waals surface area contributed by atoms with Gasteiger partial charge in [0.25, 0.3) is 15.9 Å². The summed E-state index contributed by atoms with van der Waals surface area (Å²) >= 11 is 0. The molecule has 0 bridgehead atoms. The third-order valence-corrected chi connectivity index (χ3v) is 6.59. The van der Waals surface area contributed by atoms with Crippen LogP contribution in [0, 0.1) is 0 Å². The van der Waals surface area contributed by atoms with Crippen LogP contribution in [0.4, 0.5) is 11.4 Å². The minimum atomic E-state index is -3.81. The molecule has 0 aliphatic rings. The number of nitrogens with one attached hydrogen (secondary N) is 2. The highest BCUT2D eigenvalue weighted by molar-refractivity contribution is 7.92. The number of benzene rings is 4. The number of hydrogen-bond acceptors (Lipinski definition) is 5. The molecule has 0 spiro atoms. The van der Waals surface area contributed by atoms with E-state index in [1.807, 2.05) is 30.3 Å². The van der Waals surface area contributed by atoms with Gasteiger partial charge < -0.3 is 14.8 Å². The van der Waals surface area contributed by atoms with Gasteiger partial charge in [0.1, 0.15) is 11.5 Å². The van der Waals surface area contributed by atoms with E-state index in [4.69, 9.17) is 9.47 Å². The zero-order valence-electron chi connectivity index (χ0n) is 18.7. The number of rotatable bonds is 8. The highest BCUT2D eigenvalue weighted by Gasteiger charge is 2.18. The van der Waals surface area contributed by atoms with E-state index in [-0.39, 0.29) is 10.8 Å². The van der Waals surface area contributed by atoms with Gasteiger partial charge in [-0.2, -0.15) is 0 Å². The maximum Gasteiger partial charge on any atom is 0.265 e. The van der Waals surface area contributed by atoms with Crippen molar-refractivity contribution in [3.8, 4) is 11.5 Å². The lowest BCUT2D eigenvalue weighted by atomic mass is 10.1. The minimum absolute atomic E-state index is 0.0842. The molecule has 7 nitrogen and oxygen atoms in total. The van der Waals surface area contributed by atoms with Gasteiger partial charge in [0.15, 0.2) is 6.10 Å². The molecule has 0 aromatic heterocycles. The summed E-state index contributed by atoms with van der Waals surface area (Å²) in [6.07, 6.45) is -0.759. The molecular weight excluding hydrogens is 452 g/mol. The molecule has 0 fully saturated rings. The van der Waals surface area contributed by atoms with Crippen LogP contribution in [0.15, 0.2) is 95.9 Å². The Morgan fingerprint density at radius 2 is 1.47 bits per heavy atom. The van der Waals surface area contributed by atoms with E-state index >= 15 is 0 Å². The Kier molecular flexibility index (Phi) is 6.70. The second-order valence-corrected chi connectivity index (χ2v) is 9.26. The molecule has 0 radical (unpaired) electrons. The number of carbonyl (C=O) groups is 1. The highest BCUT2D eigenvalue weighted by atomic mass is 32.2. The van der Waals surface area contributed by atoms with E-state index in [0.29, 0.717) is 22.9 Å². The zero-order chi connectivity index (χ0) is 24.1. The molecule has 4 aromatic rings. The predicted octanol–water partition coefficient (Wildman–Crippen LogP) is 5.06. The summed E-state index contributed by atoms with van der Waals surface area (Å²) in [7, 11) is -2.24. The van der Waals surface area contributed by atoms with Crippen molar-refractivity contribution >= 4 is 38.1 Å². The number of ether oxygens (including phenoxy) is 2. The second-order valence-electron chi connectivity index (χ2n) is 7.58. The molecule has 1 amide bonds. The third kappa shape index (κ3) is 5.29. The van der Waals surface area contributed by atoms with Gasteiger partial charge in [-0.1, -0.05) is 36.4 Å². The fourth-order valence-corrected chi connectivity index (χ4v) is 4.47. The molecule has 0 saturated heterocycles. The van der Waals surface area contributed by atoms with Gasteiger partial charge in [-0.25, -0.2) is 8.42 Å². The van der Waals surface area contributed by atoms with E-state index in [1.165, 1.54) is 24.3 Å². The minimum Gasteiger partial charge on any atom is -0.497 e. The van der Waals surface area contributed by atoms with E-state index in [1.54, 1.807) is 50.4 Å². The fourth-order valence-electron chi connectivity index (χ4n) is 3.39. The SMILES string of the molecule is COc1ccc(O[C@@H](C)C(=O)Nc2ccc(S(=O)(=O)Nc3cccc4ccccc34)cc2)cc1. The van der Waals surface area contributed by atoms with E-state index in [2.05, 4.69) is 10.0 Å². The molecule has 0 saturated carbocycles. The van der Waals surface area contributed by atoms with E-state index in [0.717, 1.165) is 10.8 Å². The largest absolute Gasteiger partial charge is 0.497 e. The van der Waals surface area contributed by atoms with Crippen LogP contribution >= 0.6 is 0 Å². The van der Waals surface area contributed by atoms with Crippen molar-refractivity contribution in [3.63, 3.8) is 0 Å². The van der Waals surface area contributed by atoms with Crippen LogP contribution in [0.3, 0.4) is 0 Å². The first kappa shape index (κ1) is 23.1. The molecule has 4 rings (SSSR count). The van der Waals surface area contributed by atoms with Gasteiger partial charge in [-0.15, -0.1) is 0 Å². The Balaban J connectivity index is 1.42. The van der Waals surface area contributed by atoms with Crippen molar-refractivity contribution < 1.29 is 22.7 Å². The van der Waals surface area contributed by atoms with Gasteiger partial charge in [0.2, 0.25) is 0 Å². The Hall–Kier alpha value is -4.04. The first-order chi connectivity index (χ1) is 16.4. The number of anilines is 2. The van der Waals surface area contributed by atoms with Crippen LogP contribution in [0.2, 0.25) is 0 Å². The lowest BCUT2D eigenvalue weighted by molar-refractivity contribution is -0.122. The average molecular weight is 477 g/mol. The molecule has 174 valence electrons. The lowest BCUT2D eigenvalue weighted by Gasteiger charge is -2.15. The average Bonchev–Trinajstić information content (AvgIpc) is 2.85. The number of amides is 1. The fraction of sp³-hybridized carbons (Fsp3) is 0.115. The van der Waals surface area contributed by atoms with Crippen molar-refractivity contribution in [1.29, 1.82) is 0 Å². The maximum atomic E-state index is 12.9. The molecule has 0 aliphatic heterocycles. The number of hydrogen-bond donors (Lipinski definition) is 2. The van der Waals surface area contributed by atoms with Gasteiger partial charge >= 0.3 is 0 Å². The monoisotopic (exact) mass is 476 g/mol. The lowest BCUT2D eigenvalue weighted by Crippen LogP contribution is -2.30. The normalized spacial score (nSPS) is 12.1. The zero-order valence-corrected chi connectivity index (χ0v) is 19.5. The van der Waals surface area contributed by atoms with Crippen molar-refractivity contribution in [2.45, 2.75) is 17.9 Å². The molecule has 4 aromatic carbocycles. The molecule has 8 heteroatoms. The smallest absolute Gasteiger partial charge is 0.265 e. The molecule has 0 aliphatic carbocycles. The summed E-state index contributed by atoms with van der Waals surface area (Å²) < 4.78 is 39.2. The van der Waals surface area contributed by atoms with Gasteiger partial charge in [-0.3, -0.25) is 9.52 Å². The van der Waals surface area contributed by atoms with Crippen molar-refractivity contribution in [3.05, 3.63) is 91.0 Å². The summed E-state index contributed by atoms with van der Waals surface area (Å²) in [6, 6.07) is 25.9. The van der Waals surface area contributed by atoms with Crippen LogP contribution < -0.4 is 19.5 Å². The predicted molar refractivity (Wildman–Crippen MR) is 133 cm³/mol. The Morgan fingerprint density at radius 3 is 2.18 bits per heavy atom. The summed E-state index contributed by atoms with van der Waals surface area (Å²) in [4.78, 5) is 12.6.